The SMILES string of the molecule is Cc1ccc(C(=O)OCCN2CCC(F)(F)C2)cc1C. The number of rotatable bonds is 4. The molecule has 0 aliphatic carbocycles. The lowest BCUT2D eigenvalue weighted by molar-refractivity contribution is 0.00952. The van der Waals surface area contributed by atoms with E-state index in [0.29, 0.717) is 18.7 Å². The monoisotopic (exact) mass is 283 g/mol. The lowest BCUT2D eigenvalue weighted by atomic mass is 10.1. The van der Waals surface area contributed by atoms with Crippen LogP contribution in [0.25, 0.3) is 0 Å². The third-order valence-corrected chi connectivity index (χ3v) is 3.63. The van der Waals surface area contributed by atoms with Crippen molar-refractivity contribution in [2.75, 3.05) is 26.2 Å². The molecule has 0 atom stereocenters. The van der Waals surface area contributed by atoms with E-state index in [0.717, 1.165) is 11.1 Å². The van der Waals surface area contributed by atoms with Gasteiger partial charge in [-0.3, -0.25) is 4.90 Å². The minimum Gasteiger partial charge on any atom is -0.461 e. The second-order valence-electron chi connectivity index (χ2n) is 5.32. The number of hydrogen-bond donors (Lipinski definition) is 0. The van der Waals surface area contributed by atoms with E-state index in [4.69, 9.17) is 4.74 Å². The molecule has 3 nitrogen and oxygen atoms in total. The second kappa shape index (κ2) is 5.87. The molecule has 1 aromatic carbocycles. The van der Waals surface area contributed by atoms with Gasteiger partial charge < -0.3 is 4.74 Å². The Labute approximate surface area is 117 Å². The molecule has 1 aliphatic rings. The van der Waals surface area contributed by atoms with Crippen molar-refractivity contribution in [2.24, 2.45) is 0 Å². The maximum absolute atomic E-state index is 13.0. The van der Waals surface area contributed by atoms with Gasteiger partial charge in [0.05, 0.1) is 12.1 Å². The minimum absolute atomic E-state index is 0.113. The number of ether oxygens (including phenoxy) is 1. The van der Waals surface area contributed by atoms with Gasteiger partial charge in [0.2, 0.25) is 0 Å². The molecule has 0 saturated carbocycles. The smallest absolute Gasteiger partial charge is 0.338 e. The van der Waals surface area contributed by atoms with Gasteiger partial charge in [-0.1, -0.05) is 6.07 Å². The van der Waals surface area contributed by atoms with Gasteiger partial charge in [-0.15, -0.1) is 0 Å². The zero-order valence-electron chi connectivity index (χ0n) is 11.8. The number of esters is 1. The van der Waals surface area contributed by atoms with Crippen molar-refractivity contribution < 1.29 is 18.3 Å². The molecule has 0 bridgehead atoms. The van der Waals surface area contributed by atoms with Gasteiger partial charge in [0.15, 0.2) is 0 Å². The number of likely N-dealkylation sites (tertiary alicyclic amines) is 1. The highest BCUT2D eigenvalue weighted by molar-refractivity contribution is 5.89. The van der Waals surface area contributed by atoms with E-state index in [9.17, 15) is 13.6 Å². The Kier molecular flexibility index (Phi) is 4.38. The van der Waals surface area contributed by atoms with Gasteiger partial charge in [0.25, 0.3) is 5.92 Å². The first-order valence-electron chi connectivity index (χ1n) is 6.72. The predicted octanol–water partition coefficient (Wildman–Crippen LogP) is 2.80. The van der Waals surface area contributed by atoms with Crippen molar-refractivity contribution in [1.29, 1.82) is 0 Å². The van der Waals surface area contributed by atoms with Crippen molar-refractivity contribution >= 4 is 5.97 Å². The molecule has 1 heterocycles. The van der Waals surface area contributed by atoms with Crippen LogP contribution >= 0.6 is 0 Å². The Balaban J connectivity index is 1.79. The highest BCUT2D eigenvalue weighted by atomic mass is 19.3. The number of carbonyl (C=O) groups excluding carboxylic acids is 1. The summed E-state index contributed by atoms with van der Waals surface area (Å²) in [6.07, 6.45) is -0.113. The van der Waals surface area contributed by atoms with Crippen LogP contribution in [0, 0.1) is 13.8 Å². The maximum atomic E-state index is 13.0. The molecular formula is C15H19F2NO2. The van der Waals surface area contributed by atoms with Gasteiger partial charge in [0.1, 0.15) is 6.61 Å². The zero-order valence-corrected chi connectivity index (χ0v) is 11.8. The Morgan fingerprint density at radius 1 is 1.35 bits per heavy atom. The number of aryl methyl sites for hydroxylation is 2. The first-order chi connectivity index (χ1) is 9.37. The summed E-state index contributed by atoms with van der Waals surface area (Å²) in [7, 11) is 0. The van der Waals surface area contributed by atoms with Crippen LogP contribution in [0.4, 0.5) is 8.78 Å². The summed E-state index contributed by atoms with van der Waals surface area (Å²) < 4.78 is 31.1. The van der Waals surface area contributed by atoms with Gasteiger partial charge in [-0.05, 0) is 37.1 Å². The van der Waals surface area contributed by atoms with Crippen LogP contribution < -0.4 is 0 Å². The van der Waals surface area contributed by atoms with Gasteiger partial charge in [-0.25, -0.2) is 13.6 Å². The quantitative estimate of drug-likeness (QED) is 0.796. The summed E-state index contributed by atoms with van der Waals surface area (Å²) in [6, 6.07) is 5.36. The average Bonchev–Trinajstić information content (AvgIpc) is 2.72. The molecule has 0 unspecified atom stereocenters. The first kappa shape index (κ1) is 14.9. The average molecular weight is 283 g/mol. The molecular weight excluding hydrogens is 264 g/mol. The fraction of sp³-hybridized carbons (Fsp3) is 0.533. The summed E-state index contributed by atoms with van der Waals surface area (Å²) in [5.74, 6) is -3.00. The fourth-order valence-corrected chi connectivity index (χ4v) is 2.22. The molecule has 1 fully saturated rings. The minimum atomic E-state index is -2.60. The van der Waals surface area contributed by atoms with Crippen LogP contribution in [0.5, 0.6) is 0 Å². The van der Waals surface area contributed by atoms with E-state index in [-0.39, 0.29) is 19.6 Å². The van der Waals surface area contributed by atoms with Crippen LogP contribution in [-0.2, 0) is 4.74 Å². The number of benzene rings is 1. The fourth-order valence-electron chi connectivity index (χ4n) is 2.22. The molecule has 20 heavy (non-hydrogen) atoms. The number of carbonyl (C=O) groups is 1. The number of halogens is 2. The topological polar surface area (TPSA) is 29.5 Å². The molecule has 1 aromatic rings. The number of nitrogens with zero attached hydrogens (tertiary/aromatic N) is 1. The van der Waals surface area contributed by atoms with Gasteiger partial charge in [-0.2, -0.15) is 0 Å². The molecule has 1 aliphatic heterocycles. The Morgan fingerprint density at radius 2 is 2.10 bits per heavy atom. The number of alkyl halides is 2. The Hall–Kier alpha value is -1.49. The third kappa shape index (κ3) is 3.76. The lowest BCUT2D eigenvalue weighted by Gasteiger charge is -2.15. The molecule has 0 N–H and O–H groups in total. The third-order valence-electron chi connectivity index (χ3n) is 3.63. The second-order valence-corrected chi connectivity index (χ2v) is 5.32. The first-order valence-corrected chi connectivity index (χ1v) is 6.72. The van der Waals surface area contributed by atoms with Crippen LogP contribution in [0.15, 0.2) is 18.2 Å². The summed E-state index contributed by atoms with van der Waals surface area (Å²) in [4.78, 5) is 13.4. The normalized spacial score (nSPS) is 18.2. The van der Waals surface area contributed by atoms with Crippen LogP contribution in [0.2, 0.25) is 0 Å². The molecule has 0 spiro atoms. The number of hydrogen-bond acceptors (Lipinski definition) is 3. The predicted molar refractivity (Wildman–Crippen MR) is 72.2 cm³/mol. The Bertz CT molecular complexity index is 503. The molecule has 0 aromatic heterocycles. The summed E-state index contributed by atoms with van der Waals surface area (Å²) in [5, 5.41) is 0. The zero-order chi connectivity index (χ0) is 14.8. The van der Waals surface area contributed by atoms with Gasteiger partial charge >= 0.3 is 5.97 Å². The van der Waals surface area contributed by atoms with E-state index in [1.54, 1.807) is 17.0 Å². The molecule has 1 saturated heterocycles. The van der Waals surface area contributed by atoms with Gasteiger partial charge in [0, 0.05) is 19.5 Å². The Morgan fingerprint density at radius 3 is 2.70 bits per heavy atom. The van der Waals surface area contributed by atoms with E-state index >= 15 is 0 Å². The molecule has 110 valence electrons. The standard InChI is InChI=1S/C15H19F2NO2/c1-11-3-4-13(9-12(11)2)14(19)20-8-7-18-6-5-15(16,17)10-18/h3-4,9H,5-8,10H2,1-2H3. The highest BCUT2D eigenvalue weighted by Crippen LogP contribution is 2.26. The summed E-state index contributed by atoms with van der Waals surface area (Å²) >= 11 is 0. The van der Waals surface area contributed by atoms with E-state index in [1.807, 2.05) is 19.9 Å². The molecule has 2 rings (SSSR count). The van der Waals surface area contributed by atoms with E-state index < -0.39 is 11.9 Å². The van der Waals surface area contributed by atoms with Crippen molar-refractivity contribution in [2.45, 2.75) is 26.2 Å². The van der Waals surface area contributed by atoms with Crippen molar-refractivity contribution in [3.63, 3.8) is 0 Å². The lowest BCUT2D eigenvalue weighted by Crippen LogP contribution is -2.29. The largest absolute Gasteiger partial charge is 0.461 e. The van der Waals surface area contributed by atoms with Crippen molar-refractivity contribution in [1.82, 2.24) is 4.90 Å². The van der Waals surface area contributed by atoms with E-state index in [2.05, 4.69) is 0 Å². The van der Waals surface area contributed by atoms with Crippen LogP contribution in [-0.4, -0.2) is 43.0 Å². The maximum Gasteiger partial charge on any atom is 0.338 e. The van der Waals surface area contributed by atoms with Crippen LogP contribution in [0.1, 0.15) is 27.9 Å². The van der Waals surface area contributed by atoms with Crippen molar-refractivity contribution in [3.05, 3.63) is 34.9 Å². The summed E-state index contributed by atoms with van der Waals surface area (Å²) in [5.41, 5.74) is 2.64. The highest BCUT2D eigenvalue weighted by Gasteiger charge is 2.37. The van der Waals surface area contributed by atoms with Crippen molar-refractivity contribution in [3.8, 4) is 0 Å². The van der Waals surface area contributed by atoms with E-state index in [1.165, 1.54) is 0 Å². The molecule has 0 radical (unpaired) electrons. The molecule has 5 heteroatoms. The van der Waals surface area contributed by atoms with Crippen LogP contribution in [0.3, 0.4) is 0 Å². The molecule has 0 amide bonds. The summed E-state index contributed by atoms with van der Waals surface area (Å²) in [6.45, 7) is 4.51.